The van der Waals surface area contributed by atoms with E-state index >= 15 is 0 Å². The molecular weight excluding hydrogens is 230 g/mol. The minimum Gasteiger partial charge on any atom is -0.367 e. The zero-order valence-corrected chi connectivity index (χ0v) is 10.9. The van der Waals surface area contributed by atoms with Crippen molar-refractivity contribution in [2.45, 2.75) is 38.8 Å². The number of Topliss-reactive ketones (excluding diaryl/α,β-unsaturated/α-hetero) is 1. The largest absolute Gasteiger partial charge is 0.367 e. The van der Waals surface area contributed by atoms with Crippen LogP contribution in [0, 0.1) is 5.41 Å². The molecule has 1 spiro atoms. The number of hydrogen-bond acceptors (Lipinski definition) is 4. The zero-order chi connectivity index (χ0) is 13.3. The number of carbonyl (C=O) groups is 2. The Balaban J connectivity index is 2.32. The Hall–Kier alpha value is -1.42. The average molecular weight is 247 g/mol. The Morgan fingerprint density at radius 1 is 1.33 bits per heavy atom. The second-order valence-corrected chi connectivity index (χ2v) is 5.71. The zero-order valence-electron chi connectivity index (χ0n) is 10.9. The molecule has 2 bridgehead atoms. The molecule has 1 heterocycles. The highest BCUT2D eigenvalue weighted by Gasteiger charge is 2.60. The Labute approximate surface area is 106 Å². The summed E-state index contributed by atoms with van der Waals surface area (Å²) in [5.74, 6) is 0.0423. The molecule has 0 aromatic carbocycles. The first-order valence-corrected chi connectivity index (χ1v) is 6.27. The molecule has 1 aliphatic heterocycles. The van der Waals surface area contributed by atoms with Crippen molar-refractivity contribution in [2.24, 2.45) is 5.41 Å². The van der Waals surface area contributed by atoms with Crippen LogP contribution in [-0.2, 0) is 9.59 Å². The van der Waals surface area contributed by atoms with E-state index in [2.05, 4.69) is 0 Å². The van der Waals surface area contributed by atoms with Crippen LogP contribution >= 0.6 is 0 Å². The number of hydrogen-bond donors (Lipinski definition) is 1. The molecule has 0 aromatic heterocycles. The van der Waals surface area contributed by atoms with Gasteiger partial charge in [-0.2, -0.15) is 0 Å². The molecule has 2 atom stereocenters. The summed E-state index contributed by atoms with van der Waals surface area (Å²) in [5.41, 5.74) is 0.155. The molecule has 3 aliphatic rings. The normalized spacial score (nSPS) is 39.1. The molecular formula is C14H17NO3. The maximum absolute atomic E-state index is 12.4. The summed E-state index contributed by atoms with van der Waals surface area (Å²) in [5, 5.41) is 10.8. The molecule has 1 N–H and O–H groups in total. The third kappa shape index (κ3) is 1.05. The number of carbonyl (C=O) groups excluding carboxylic acids is 2. The van der Waals surface area contributed by atoms with Gasteiger partial charge in [0.25, 0.3) is 0 Å². The Bertz CT molecular complexity index is 545. The summed E-state index contributed by atoms with van der Waals surface area (Å²) < 4.78 is 0. The van der Waals surface area contributed by atoms with Gasteiger partial charge in [-0.25, -0.2) is 0 Å². The van der Waals surface area contributed by atoms with E-state index in [1.165, 1.54) is 6.08 Å². The lowest BCUT2D eigenvalue weighted by Gasteiger charge is -2.52. The van der Waals surface area contributed by atoms with E-state index in [1.54, 1.807) is 18.9 Å². The Morgan fingerprint density at radius 3 is 2.67 bits per heavy atom. The van der Waals surface area contributed by atoms with E-state index in [1.807, 2.05) is 6.92 Å². The first-order valence-electron chi connectivity index (χ1n) is 6.27. The van der Waals surface area contributed by atoms with Crippen molar-refractivity contribution in [3.63, 3.8) is 0 Å². The fourth-order valence-corrected chi connectivity index (χ4v) is 3.74. The van der Waals surface area contributed by atoms with Gasteiger partial charge in [-0.05, 0) is 31.9 Å². The predicted octanol–water partition coefficient (Wildman–Crippen LogP) is 1.16. The maximum Gasteiger partial charge on any atom is 0.166 e. The first kappa shape index (κ1) is 11.7. The topological polar surface area (TPSA) is 57.6 Å². The minimum absolute atomic E-state index is 0.0158. The van der Waals surface area contributed by atoms with Crippen LogP contribution < -0.4 is 0 Å². The number of allylic oxidation sites excluding steroid dienone is 3. The van der Waals surface area contributed by atoms with E-state index in [9.17, 15) is 14.7 Å². The summed E-state index contributed by atoms with van der Waals surface area (Å²) in [6.07, 6.45) is 2.79. The number of ketones is 2. The summed E-state index contributed by atoms with van der Waals surface area (Å²) in [6, 6.07) is 0. The fourth-order valence-electron chi connectivity index (χ4n) is 3.74. The van der Waals surface area contributed by atoms with Gasteiger partial charge in [-0.1, -0.05) is 0 Å². The van der Waals surface area contributed by atoms with Gasteiger partial charge in [-0.15, -0.1) is 0 Å². The molecule has 2 unspecified atom stereocenters. The number of fused-ring (bicyclic) bond motifs is 1. The van der Waals surface area contributed by atoms with Crippen LogP contribution in [0.4, 0.5) is 0 Å². The van der Waals surface area contributed by atoms with Gasteiger partial charge in [0.2, 0.25) is 0 Å². The maximum atomic E-state index is 12.4. The Morgan fingerprint density at radius 2 is 2.00 bits per heavy atom. The lowest BCUT2D eigenvalue weighted by Crippen LogP contribution is -2.58. The van der Waals surface area contributed by atoms with Crippen molar-refractivity contribution in [1.82, 2.24) is 4.90 Å². The molecule has 2 aliphatic carbocycles. The summed E-state index contributed by atoms with van der Waals surface area (Å²) in [4.78, 5) is 26.2. The summed E-state index contributed by atoms with van der Waals surface area (Å²) >= 11 is 0. The van der Waals surface area contributed by atoms with E-state index in [4.69, 9.17) is 0 Å². The smallest absolute Gasteiger partial charge is 0.166 e. The predicted molar refractivity (Wildman–Crippen MR) is 65.5 cm³/mol. The SMILES string of the molecule is CC1=CC(=O)C23CCC(=O)C2=C(C)N(C)C1(O)C3. The highest BCUT2D eigenvalue weighted by atomic mass is 16.3. The van der Waals surface area contributed by atoms with Gasteiger partial charge in [-0.3, -0.25) is 9.59 Å². The van der Waals surface area contributed by atoms with Gasteiger partial charge in [0.05, 0.1) is 5.41 Å². The number of nitrogens with zero attached hydrogens (tertiary/aromatic N) is 1. The van der Waals surface area contributed by atoms with E-state index < -0.39 is 11.1 Å². The molecule has 1 saturated carbocycles. The van der Waals surface area contributed by atoms with E-state index in [-0.39, 0.29) is 11.6 Å². The molecule has 0 radical (unpaired) electrons. The fraction of sp³-hybridized carbons (Fsp3) is 0.571. The van der Waals surface area contributed by atoms with Crippen LogP contribution in [0.3, 0.4) is 0 Å². The standard InChI is InChI=1S/C14H17NO3/c1-8-6-11(17)13-5-4-10(16)12(13)9(2)15(3)14(8,18)7-13/h6,18H,4-5,7H2,1-3H3. The van der Waals surface area contributed by atoms with Gasteiger partial charge in [0.15, 0.2) is 17.3 Å². The van der Waals surface area contributed by atoms with E-state index in [0.717, 1.165) is 5.70 Å². The van der Waals surface area contributed by atoms with Crippen molar-refractivity contribution in [1.29, 1.82) is 0 Å². The summed E-state index contributed by atoms with van der Waals surface area (Å²) in [7, 11) is 1.78. The van der Waals surface area contributed by atoms with Crippen molar-refractivity contribution in [3.05, 3.63) is 22.9 Å². The van der Waals surface area contributed by atoms with Gasteiger partial charge < -0.3 is 10.0 Å². The average Bonchev–Trinajstić information content (AvgIpc) is 2.63. The monoisotopic (exact) mass is 247 g/mol. The first-order chi connectivity index (χ1) is 8.33. The van der Waals surface area contributed by atoms with Crippen LogP contribution in [0.1, 0.15) is 33.1 Å². The third-order valence-electron chi connectivity index (χ3n) is 4.96. The molecule has 4 nitrogen and oxygen atoms in total. The van der Waals surface area contributed by atoms with Crippen molar-refractivity contribution < 1.29 is 14.7 Å². The van der Waals surface area contributed by atoms with Crippen molar-refractivity contribution in [3.8, 4) is 0 Å². The van der Waals surface area contributed by atoms with Gasteiger partial charge in [0.1, 0.15) is 0 Å². The van der Waals surface area contributed by atoms with Crippen LogP contribution in [0.25, 0.3) is 0 Å². The molecule has 4 heteroatoms. The molecule has 1 fully saturated rings. The van der Waals surface area contributed by atoms with Crippen molar-refractivity contribution >= 4 is 11.6 Å². The van der Waals surface area contributed by atoms with Crippen LogP contribution in [0.15, 0.2) is 22.9 Å². The Kier molecular flexibility index (Phi) is 2.02. The molecule has 0 aromatic rings. The number of aliphatic hydroxyl groups is 1. The lowest BCUT2D eigenvalue weighted by atomic mass is 9.64. The molecule has 18 heavy (non-hydrogen) atoms. The van der Waals surface area contributed by atoms with E-state index in [0.29, 0.717) is 30.4 Å². The molecule has 96 valence electrons. The van der Waals surface area contributed by atoms with Gasteiger partial charge in [0, 0.05) is 31.2 Å². The molecule has 0 saturated heterocycles. The lowest BCUT2D eigenvalue weighted by molar-refractivity contribution is -0.138. The quantitative estimate of drug-likeness (QED) is 0.698. The minimum atomic E-state index is -1.12. The van der Waals surface area contributed by atoms with Crippen LogP contribution in [-0.4, -0.2) is 34.3 Å². The second kappa shape index (κ2) is 3.12. The highest BCUT2D eigenvalue weighted by molar-refractivity contribution is 6.12. The number of rotatable bonds is 0. The molecule has 3 rings (SSSR count). The van der Waals surface area contributed by atoms with Crippen LogP contribution in [0.2, 0.25) is 0 Å². The second-order valence-electron chi connectivity index (χ2n) is 5.71. The van der Waals surface area contributed by atoms with Crippen molar-refractivity contribution in [2.75, 3.05) is 7.05 Å². The summed E-state index contributed by atoms with van der Waals surface area (Å²) in [6.45, 7) is 3.60. The number of likely N-dealkylation sites (N-methyl/N-ethyl adjacent to an activating group) is 1. The molecule has 0 amide bonds. The van der Waals surface area contributed by atoms with Crippen LogP contribution in [0.5, 0.6) is 0 Å². The highest BCUT2D eigenvalue weighted by Crippen LogP contribution is 2.56. The van der Waals surface area contributed by atoms with Gasteiger partial charge >= 0.3 is 0 Å². The third-order valence-corrected chi connectivity index (χ3v) is 4.96.